The lowest BCUT2D eigenvalue weighted by Crippen LogP contribution is -2.25. The van der Waals surface area contributed by atoms with E-state index < -0.39 is 11.9 Å². The Balaban J connectivity index is 1.96. The number of hydrogen-bond acceptors (Lipinski definition) is 7. The fourth-order valence-electron chi connectivity index (χ4n) is 3.35. The molecule has 0 radical (unpaired) electrons. The van der Waals surface area contributed by atoms with Crippen LogP contribution in [0.5, 0.6) is 17.2 Å². The van der Waals surface area contributed by atoms with Crippen LogP contribution in [0.2, 0.25) is 0 Å². The van der Waals surface area contributed by atoms with E-state index in [9.17, 15) is 19.8 Å². The third kappa shape index (κ3) is 7.50. The molecule has 0 fully saturated rings. The summed E-state index contributed by atoms with van der Waals surface area (Å²) in [7, 11) is 0. The molecule has 2 rings (SSSR count). The molecular weight excluding hydrogens is 436 g/mol. The standard InChI is InChI=1S/C26H34N2O6/c1-5-7-8-11-19(6-2)34-26(32)20-12-9-10-13-23(20)33-16-24(30)28-27-15-21-17(3)14-22(29)18(4)25(21)31/h9-10,12-15,19,29,31H,5-8,11,16H2,1-4H3,(H,28,30)/b27-15+. The van der Waals surface area contributed by atoms with Gasteiger partial charge in [-0.2, -0.15) is 5.10 Å². The van der Waals surface area contributed by atoms with Gasteiger partial charge in [0.05, 0.1) is 6.21 Å². The van der Waals surface area contributed by atoms with Gasteiger partial charge >= 0.3 is 5.97 Å². The van der Waals surface area contributed by atoms with Gasteiger partial charge in [0.2, 0.25) is 0 Å². The highest BCUT2D eigenvalue weighted by atomic mass is 16.5. The van der Waals surface area contributed by atoms with Crippen molar-refractivity contribution in [3.05, 3.63) is 52.6 Å². The monoisotopic (exact) mass is 470 g/mol. The van der Waals surface area contributed by atoms with Crippen molar-refractivity contribution in [1.29, 1.82) is 0 Å². The number of carbonyl (C=O) groups is 2. The average Bonchev–Trinajstić information content (AvgIpc) is 2.83. The van der Waals surface area contributed by atoms with Gasteiger partial charge < -0.3 is 19.7 Å². The summed E-state index contributed by atoms with van der Waals surface area (Å²) in [6, 6.07) is 8.13. The highest BCUT2D eigenvalue weighted by Crippen LogP contribution is 2.31. The van der Waals surface area contributed by atoms with Crippen LogP contribution in [-0.2, 0) is 9.53 Å². The number of amides is 1. The maximum Gasteiger partial charge on any atom is 0.342 e. The fourth-order valence-corrected chi connectivity index (χ4v) is 3.35. The topological polar surface area (TPSA) is 117 Å². The molecule has 184 valence electrons. The van der Waals surface area contributed by atoms with Gasteiger partial charge in [-0.25, -0.2) is 10.2 Å². The summed E-state index contributed by atoms with van der Waals surface area (Å²) < 4.78 is 11.2. The van der Waals surface area contributed by atoms with Crippen LogP contribution < -0.4 is 10.2 Å². The van der Waals surface area contributed by atoms with Crippen molar-refractivity contribution < 1.29 is 29.3 Å². The van der Waals surface area contributed by atoms with Crippen molar-refractivity contribution in [3.63, 3.8) is 0 Å². The summed E-state index contributed by atoms with van der Waals surface area (Å²) in [6.07, 6.45) is 5.88. The number of carbonyl (C=O) groups excluding carboxylic acids is 2. The van der Waals surface area contributed by atoms with Gasteiger partial charge in [0.1, 0.15) is 28.9 Å². The van der Waals surface area contributed by atoms with E-state index in [0.717, 1.165) is 32.1 Å². The van der Waals surface area contributed by atoms with Crippen molar-refractivity contribution in [2.75, 3.05) is 6.61 Å². The van der Waals surface area contributed by atoms with Gasteiger partial charge in [-0.3, -0.25) is 4.79 Å². The van der Waals surface area contributed by atoms with Crippen molar-refractivity contribution in [2.45, 2.75) is 65.9 Å². The van der Waals surface area contributed by atoms with Crippen LogP contribution in [0.4, 0.5) is 0 Å². The van der Waals surface area contributed by atoms with E-state index in [-0.39, 0.29) is 35.5 Å². The third-order valence-electron chi connectivity index (χ3n) is 5.48. The van der Waals surface area contributed by atoms with E-state index >= 15 is 0 Å². The Bertz CT molecular complexity index is 1020. The van der Waals surface area contributed by atoms with E-state index in [4.69, 9.17) is 9.47 Å². The lowest BCUT2D eigenvalue weighted by atomic mass is 10.0. The smallest absolute Gasteiger partial charge is 0.342 e. The molecule has 1 amide bonds. The second kappa shape index (κ2) is 13.2. The van der Waals surface area contributed by atoms with Crippen LogP contribution in [0.25, 0.3) is 0 Å². The number of hydrogen-bond donors (Lipinski definition) is 3. The summed E-state index contributed by atoms with van der Waals surface area (Å²) in [5.41, 5.74) is 3.88. The zero-order valence-corrected chi connectivity index (χ0v) is 20.3. The van der Waals surface area contributed by atoms with E-state index in [1.807, 2.05) is 6.92 Å². The van der Waals surface area contributed by atoms with Gasteiger partial charge in [-0.15, -0.1) is 0 Å². The average molecular weight is 471 g/mol. The SMILES string of the molecule is CCCCCC(CC)OC(=O)c1ccccc1OCC(=O)N/N=C/c1c(C)cc(O)c(C)c1O. The minimum Gasteiger partial charge on any atom is -0.508 e. The number of ether oxygens (including phenoxy) is 2. The Labute approximate surface area is 200 Å². The number of aromatic hydroxyl groups is 2. The minimum atomic E-state index is -0.543. The first-order valence-corrected chi connectivity index (χ1v) is 11.5. The summed E-state index contributed by atoms with van der Waals surface area (Å²) in [5, 5.41) is 23.8. The largest absolute Gasteiger partial charge is 0.508 e. The molecule has 0 aromatic heterocycles. The van der Waals surface area contributed by atoms with Gasteiger partial charge in [-0.1, -0.05) is 38.8 Å². The Kier molecular flexibility index (Phi) is 10.4. The number of aryl methyl sites for hydroxylation is 1. The summed E-state index contributed by atoms with van der Waals surface area (Å²) in [6.45, 7) is 7.02. The number of unbranched alkanes of at least 4 members (excludes halogenated alkanes) is 2. The molecular formula is C26H34N2O6. The minimum absolute atomic E-state index is 0.0204. The van der Waals surface area contributed by atoms with Crippen LogP contribution >= 0.6 is 0 Å². The van der Waals surface area contributed by atoms with Gasteiger partial charge in [0, 0.05) is 11.1 Å². The Morgan fingerprint density at radius 3 is 2.59 bits per heavy atom. The fraction of sp³-hybridized carbons (Fsp3) is 0.423. The second-order valence-corrected chi connectivity index (χ2v) is 8.11. The molecule has 0 aliphatic carbocycles. The number of phenolic OH excluding ortho intramolecular Hbond substituents is 2. The molecule has 0 aliphatic heterocycles. The third-order valence-corrected chi connectivity index (χ3v) is 5.48. The molecule has 2 aromatic carbocycles. The second-order valence-electron chi connectivity index (χ2n) is 8.11. The quantitative estimate of drug-likeness (QED) is 0.178. The van der Waals surface area contributed by atoms with E-state index in [2.05, 4.69) is 17.5 Å². The maximum absolute atomic E-state index is 12.7. The molecule has 0 spiro atoms. The number of nitrogens with one attached hydrogen (secondary N) is 1. The lowest BCUT2D eigenvalue weighted by Gasteiger charge is -2.17. The number of para-hydroxylation sites is 1. The Morgan fingerprint density at radius 2 is 1.88 bits per heavy atom. The number of rotatable bonds is 12. The predicted molar refractivity (Wildman–Crippen MR) is 131 cm³/mol. The van der Waals surface area contributed by atoms with E-state index in [1.165, 1.54) is 12.3 Å². The van der Waals surface area contributed by atoms with Crippen LogP contribution in [0.15, 0.2) is 35.4 Å². The highest BCUT2D eigenvalue weighted by molar-refractivity contribution is 5.93. The summed E-state index contributed by atoms with van der Waals surface area (Å²) in [4.78, 5) is 24.9. The predicted octanol–water partition coefficient (Wildman–Crippen LogP) is 4.76. The normalized spacial score (nSPS) is 11.9. The zero-order valence-electron chi connectivity index (χ0n) is 20.3. The first kappa shape index (κ1) is 26.7. The Morgan fingerprint density at radius 1 is 1.15 bits per heavy atom. The number of phenols is 2. The zero-order chi connectivity index (χ0) is 25.1. The first-order valence-electron chi connectivity index (χ1n) is 11.5. The molecule has 3 N–H and O–H groups in total. The summed E-state index contributed by atoms with van der Waals surface area (Å²) >= 11 is 0. The lowest BCUT2D eigenvalue weighted by molar-refractivity contribution is -0.123. The number of nitrogens with zero attached hydrogens (tertiary/aromatic N) is 1. The molecule has 2 aromatic rings. The molecule has 0 aliphatic rings. The molecule has 1 unspecified atom stereocenters. The molecule has 8 heteroatoms. The van der Waals surface area contributed by atoms with E-state index in [1.54, 1.807) is 38.1 Å². The molecule has 0 heterocycles. The van der Waals surface area contributed by atoms with Crippen molar-refractivity contribution in [3.8, 4) is 17.2 Å². The van der Waals surface area contributed by atoms with Crippen molar-refractivity contribution in [2.24, 2.45) is 5.10 Å². The molecule has 0 saturated carbocycles. The van der Waals surface area contributed by atoms with Gasteiger partial charge in [-0.05, 0) is 56.9 Å². The molecule has 34 heavy (non-hydrogen) atoms. The van der Waals surface area contributed by atoms with Crippen LogP contribution in [0.1, 0.15) is 73.0 Å². The molecule has 8 nitrogen and oxygen atoms in total. The van der Waals surface area contributed by atoms with Gasteiger partial charge in [0.25, 0.3) is 5.91 Å². The van der Waals surface area contributed by atoms with Crippen LogP contribution in [0, 0.1) is 13.8 Å². The molecule has 0 bridgehead atoms. The molecule has 0 saturated heterocycles. The maximum atomic E-state index is 12.7. The van der Waals surface area contributed by atoms with Crippen LogP contribution in [-0.4, -0.2) is 41.0 Å². The van der Waals surface area contributed by atoms with E-state index in [0.29, 0.717) is 16.7 Å². The number of esters is 1. The van der Waals surface area contributed by atoms with Crippen LogP contribution in [0.3, 0.4) is 0 Å². The first-order chi connectivity index (χ1) is 16.3. The van der Waals surface area contributed by atoms with Crippen molar-refractivity contribution >= 4 is 18.1 Å². The number of hydrazone groups is 1. The molecule has 1 atom stereocenters. The summed E-state index contributed by atoms with van der Waals surface area (Å²) in [5.74, 6) is -0.908. The highest BCUT2D eigenvalue weighted by Gasteiger charge is 2.19. The van der Waals surface area contributed by atoms with Crippen molar-refractivity contribution in [1.82, 2.24) is 5.43 Å². The van der Waals surface area contributed by atoms with Gasteiger partial charge in [0.15, 0.2) is 6.61 Å². The number of benzene rings is 2. The Hall–Kier alpha value is -3.55.